The van der Waals surface area contributed by atoms with Crippen LogP contribution in [0.2, 0.25) is 0 Å². The highest BCUT2D eigenvalue weighted by Gasteiger charge is 2.27. The lowest BCUT2D eigenvalue weighted by Crippen LogP contribution is -2.19. The van der Waals surface area contributed by atoms with E-state index in [9.17, 15) is 9.90 Å². The minimum atomic E-state index is -0.258. The summed E-state index contributed by atoms with van der Waals surface area (Å²) in [5.41, 5.74) is 0.962. The van der Waals surface area contributed by atoms with Crippen molar-refractivity contribution in [2.75, 3.05) is 0 Å². The van der Waals surface area contributed by atoms with Crippen LogP contribution in [0.15, 0.2) is 42.1 Å². The van der Waals surface area contributed by atoms with Crippen molar-refractivity contribution < 1.29 is 9.90 Å². The van der Waals surface area contributed by atoms with Crippen LogP contribution in [0.3, 0.4) is 0 Å². The Kier molecular flexibility index (Phi) is 3.52. The highest BCUT2D eigenvalue weighted by Crippen LogP contribution is 2.34. The zero-order chi connectivity index (χ0) is 13.9. The van der Waals surface area contributed by atoms with Gasteiger partial charge in [0.05, 0.1) is 6.57 Å². The molecule has 0 amide bonds. The van der Waals surface area contributed by atoms with Crippen LogP contribution in [0.4, 0.5) is 0 Å². The number of aromatic hydroxyl groups is 1. The standard InChI is InChI=1S/C16H15NO2/c1-16(10-8-15(19)14(11-16)17-2)9-7-12-3-5-13(18)6-4-12/h3-7,9,11,18H,8,10H2,1H3/t16-/m1/s1. The summed E-state index contributed by atoms with van der Waals surface area (Å²) in [6.45, 7) is 9.02. The number of ketones is 1. The van der Waals surface area contributed by atoms with E-state index in [1.54, 1.807) is 18.2 Å². The highest BCUT2D eigenvalue weighted by atomic mass is 16.3. The van der Waals surface area contributed by atoms with E-state index in [1.807, 2.05) is 31.2 Å². The van der Waals surface area contributed by atoms with Crippen molar-refractivity contribution in [2.24, 2.45) is 5.41 Å². The maximum Gasteiger partial charge on any atom is 0.226 e. The number of carbonyl (C=O) groups excluding carboxylic acids is 1. The van der Waals surface area contributed by atoms with Gasteiger partial charge >= 0.3 is 0 Å². The number of Topliss-reactive ketones (excluding diaryl/α,β-unsaturated/α-hetero) is 1. The second kappa shape index (κ2) is 5.11. The molecule has 0 saturated carbocycles. The molecular weight excluding hydrogens is 238 g/mol. The smallest absolute Gasteiger partial charge is 0.226 e. The number of phenolic OH excluding ortho intramolecular Hbond substituents is 1. The second-order valence-electron chi connectivity index (χ2n) is 5.00. The van der Waals surface area contributed by atoms with E-state index in [1.165, 1.54) is 0 Å². The summed E-state index contributed by atoms with van der Waals surface area (Å²) in [5.74, 6) is 0.173. The van der Waals surface area contributed by atoms with Gasteiger partial charge in [-0.1, -0.05) is 37.3 Å². The van der Waals surface area contributed by atoms with Crippen molar-refractivity contribution in [1.82, 2.24) is 0 Å². The van der Waals surface area contributed by atoms with Gasteiger partial charge in [-0.05, 0) is 29.5 Å². The van der Waals surface area contributed by atoms with Gasteiger partial charge in [0.2, 0.25) is 5.70 Å². The van der Waals surface area contributed by atoms with Crippen LogP contribution in [-0.4, -0.2) is 10.9 Å². The van der Waals surface area contributed by atoms with Gasteiger partial charge in [0.15, 0.2) is 5.78 Å². The van der Waals surface area contributed by atoms with E-state index in [0.29, 0.717) is 6.42 Å². The third-order valence-corrected chi connectivity index (χ3v) is 3.31. The molecule has 0 aromatic heterocycles. The summed E-state index contributed by atoms with van der Waals surface area (Å²) in [5, 5.41) is 9.22. The van der Waals surface area contributed by atoms with Crippen LogP contribution in [0.5, 0.6) is 5.75 Å². The molecule has 1 N–H and O–H groups in total. The molecular formula is C16H15NO2. The fourth-order valence-electron chi connectivity index (χ4n) is 2.07. The van der Waals surface area contributed by atoms with Gasteiger partial charge in [-0.15, -0.1) is 0 Å². The Labute approximate surface area is 112 Å². The molecule has 1 aliphatic carbocycles. The minimum Gasteiger partial charge on any atom is -0.508 e. The largest absolute Gasteiger partial charge is 0.508 e. The normalized spacial score (nSPS) is 23.2. The van der Waals surface area contributed by atoms with Crippen molar-refractivity contribution in [3.63, 3.8) is 0 Å². The monoisotopic (exact) mass is 253 g/mol. The number of carbonyl (C=O) groups is 1. The number of hydrogen-bond donors (Lipinski definition) is 1. The first kappa shape index (κ1) is 13.1. The number of allylic oxidation sites excluding steroid dienone is 3. The lowest BCUT2D eigenvalue weighted by atomic mass is 9.79. The molecule has 0 unspecified atom stereocenters. The molecule has 96 valence electrons. The summed E-state index contributed by atoms with van der Waals surface area (Å²) in [4.78, 5) is 14.8. The van der Waals surface area contributed by atoms with Gasteiger partial charge in [0.25, 0.3) is 0 Å². The zero-order valence-electron chi connectivity index (χ0n) is 10.8. The van der Waals surface area contributed by atoms with Crippen LogP contribution in [0.25, 0.3) is 10.9 Å². The Morgan fingerprint density at radius 2 is 2.05 bits per heavy atom. The van der Waals surface area contributed by atoms with E-state index in [-0.39, 0.29) is 22.6 Å². The molecule has 1 atom stereocenters. The highest BCUT2D eigenvalue weighted by molar-refractivity contribution is 5.98. The fraction of sp³-hybridized carbons (Fsp3) is 0.250. The average molecular weight is 253 g/mol. The van der Waals surface area contributed by atoms with Gasteiger partial charge in [-0.3, -0.25) is 0 Å². The fourth-order valence-corrected chi connectivity index (χ4v) is 2.07. The molecule has 0 spiro atoms. The molecule has 2 rings (SSSR count). The molecule has 1 aliphatic rings. The Morgan fingerprint density at radius 3 is 2.68 bits per heavy atom. The van der Waals surface area contributed by atoms with Crippen LogP contribution in [0.1, 0.15) is 25.3 Å². The topological polar surface area (TPSA) is 41.7 Å². The molecule has 3 heteroatoms. The number of phenols is 1. The quantitative estimate of drug-likeness (QED) is 0.818. The Morgan fingerprint density at radius 1 is 1.37 bits per heavy atom. The average Bonchev–Trinajstić information content (AvgIpc) is 2.41. The van der Waals surface area contributed by atoms with E-state index in [4.69, 9.17) is 6.57 Å². The lowest BCUT2D eigenvalue weighted by Gasteiger charge is -2.26. The number of benzene rings is 1. The first-order valence-corrected chi connectivity index (χ1v) is 6.14. The second-order valence-corrected chi connectivity index (χ2v) is 5.00. The van der Waals surface area contributed by atoms with Crippen molar-refractivity contribution >= 4 is 11.9 Å². The predicted molar refractivity (Wildman–Crippen MR) is 74.2 cm³/mol. The molecule has 1 aromatic carbocycles. The maximum atomic E-state index is 11.5. The van der Waals surface area contributed by atoms with Gasteiger partial charge in [0, 0.05) is 6.42 Å². The molecule has 0 heterocycles. The summed E-state index contributed by atoms with van der Waals surface area (Å²) < 4.78 is 0. The SMILES string of the molecule is [C-]#[N+]C1=C[C@](C)(C=Cc2ccc(O)cc2)CCC1=O. The zero-order valence-corrected chi connectivity index (χ0v) is 10.8. The van der Waals surface area contributed by atoms with Crippen molar-refractivity contribution in [2.45, 2.75) is 19.8 Å². The van der Waals surface area contributed by atoms with E-state index in [0.717, 1.165) is 12.0 Å². The van der Waals surface area contributed by atoms with Gasteiger partial charge < -0.3 is 9.90 Å². The molecule has 0 radical (unpaired) electrons. The van der Waals surface area contributed by atoms with E-state index < -0.39 is 0 Å². The van der Waals surface area contributed by atoms with Crippen molar-refractivity contribution in [3.8, 4) is 5.75 Å². The van der Waals surface area contributed by atoms with Crippen molar-refractivity contribution in [3.05, 3.63) is 59.1 Å². The molecule has 19 heavy (non-hydrogen) atoms. The molecule has 3 nitrogen and oxygen atoms in total. The lowest BCUT2D eigenvalue weighted by molar-refractivity contribution is -0.116. The minimum absolute atomic E-state index is 0.0643. The van der Waals surface area contributed by atoms with E-state index in [2.05, 4.69) is 4.85 Å². The van der Waals surface area contributed by atoms with Crippen LogP contribution in [0, 0.1) is 12.0 Å². The third kappa shape index (κ3) is 3.11. The Balaban J connectivity index is 2.22. The van der Waals surface area contributed by atoms with Crippen LogP contribution >= 0.6 is 0 Å². The van der Waals surface area contributed by atoms with Gasteiger partial charge in [-0.2, -0.15) is 0 Å². The van der Waals surface area contributed by atoms with Crippen LogP contribution in [-0.2, 0) is 4.79 Å². The van der Waals surface area contributed by atoms with Gasteiger partial charge in [0.1, 0.15) is 5.75 Å². The van der Waals surface area contributed by atoms with E-state index >= 15 is 0 Å². The molecule has 0 saturated heterocycles. The first-order chi connectivity index (χ1) is 9.02. The van der Waals surface area contributed by atoms with Gasteiger partial charge in [-0.25, -0.2) is 4.85 Å². The molecule has 1 aromatic rings. The van der Waals surface area contributed by atoms with Crippen LogP contribution < -0.4 is 0 Å². The number of hydrogen-bond acceptors (Lipinski definition) is 2. The Bertz CT molecular complexity index is 590. The van der Waals surface area contributed by atoms with Crippen molar-refractivity contribution in [1.29, 1.82) is 0 Å². The maximum absolute atomic E-state index is 11.5. The number of nitrogens with zero attached hydrogens (tertiary/aromatic N) is 1. The molecule has 0 bridgehead atoms. The summed E-state index contributed by atoms with van der Waals surface area (Å²) in [6.07, 6.45) is 6.86. The molecule has 0 fully saturated rings. The summed E-state index contributed by atoms with van der Waals surface area (Å²) >= 11 is 0. The predicted octanol–water partition coefficient (Wildman–Crippen LogP) is 3.58. The summed E-state index contributed by atoms with van der Waals surface area (Å²) in [6, 6.07) is 6.91. The third-order valence-electron chi connectivity index (χ3n) is 3.31. The first-order valence-electron chi connectivity index (χ1n) is 6.14. The molecule has 0 aliphatic heterocycles. The summed E-state index contributed by atoms with van der Waals surface area (Å²) in [7, 11) is 0. The Hall–Kier alpha value is -2.34. The number of rotatable bonds is 2.